The van der Waals surface area contributed by atoms with Gasteiger partial charge in [0.2, 0.25) is 5.95 Å². The van der Waals surface area contributed by atoms with Crippen LogP contribution in [0.1, 0.15) is 0 Å². The fourth-order valence-electron chi connectivity index (χ4n) is 6.66. The van der Waals surface area contributed by atoms with Crippen molar-refractivity contribution in [1.82, 2.24) is 19.5 Å². The third kappa shape index (κ3) is 4.66. The van der Waals surface area contributed by atoms with Gasteiger partial charge >= 0.3 is 0 Å². The lowest BCUT2D eigenvalue weighted by Gasteiger charge is -2.13. The van der Waals surface area contributed by atoms with E-state index in [4.69, 9.17) is 15.0 Å². The van der Waals surface area contributed by atoms with E-state index in [1.54, 1.807) is 0 Å². The summed E-state index contributed by atoms with van der Waals surface area (Å²) in [4.78, 5) is 15.6. The quantitative estimate of drug-likeness (QED) is 0.197. The van der Waals surface area contributed by atoms with Gasteiger partial charge in [-0.2, -0.15) is 9.97 Å². The molecule has 0 aliphatic heterocycles. The second kappa shape index (κ2) is 11.2. The van der Waals surface area contributed by atoms with Gasteiger partial charge in [-0.25, -0.2) is 4.98 Å². The summed E-state index contributed by atoms with van der Waals surface area (Å²) in [6, 6.07) is 59.1. The van der Waals surface area contributed by atoms with Crippen molar-refractivity contribution in [2.24, 2.45) is 0 Å². The Bertz CT molecular complexity index is 2550. The molecule has 0 radical (unpaired) electrons. The van der Waals surface area contributed by atoms with Crippen LogP contribution in [-0.2, 0) is 0 Å². The number of rotatable bonds is 5. The van der Waals surface area contributed by atoms with Gasteiger partial charge in [-0.15, -0.1) is 0 Å². The van der Waals surface area contributed by atoms with Gasteiger partial charge in [0.15, 0.2) is 11.6 Å². The molecule has 0 aliphatic rings. The average molecular weight is 601 g/mol. The Morgan fingerprint density at radius 2 is 0.915 bits per heavy atom. The minimum Gasteiger partial charge on any atom is -0.278 e. The molecule has 0 aliphatic carbocycles. The Hall–Kier alpha value is -6.39. The molecule has 0 unspecified atom stereocenters. The SMILES string of the molecule is c1ccc(-c2ccc(-c3nc(-c4ccccc4-c4ccccc4)nc(-n4c5ccccc5c5c6ccccc6ccc54)n3)cc2)cc1. The van der Waals surface area contributed by atoms with E-state index < -0.39 is 0 Å². The number of para-hydroxylation sites is 1. The van der Waals surface area contributed by atoms with Crippen molar-refractivity contribution in [2.45, 2.75) is 0 Å². The van der Waals surface area contributed by atoms with Crippen molar-refractivity contribution in [3.8, 4) is 51.0 Å². The highest BCUT2D eigenvalue weighted by Crippen LogP contribution is 2.37. The molecule has 0 spiro atoms. The van der Waals surface area contributed by atoms with Gasteiger partial charge < -0.3 is 0 Å². The lowest BCUT2D eigenvalue weighted by atomic mass is 9.99. The Kier molecular flexibility index (Phi) is 6.43. The highest BCUT2D eigenvalue weighted by atomic mass is 15.2. The van der Waals surface area contributed by atoms with Crippen molar-refractivity contribution < 1.29 is 0 Å². The molecule has 0 amide bonds. The third-order valence-corrected chi connectivity index (χ3v) is 8.89. The van der Waals surface area contributed by atoms with Crippen LogP contribution in [0.15, 0.2) is 170 Å². The maximum atomic E-state index is 5.24. The predicted molar refractivity (Wildman–Crippen MR) is 193 cm³/mol. The van der Waals surface area contributed by atoms with Gasteiger partial charge in [0.25, 0.3) is 0 Å². The van der Waals surface area contributed by atoms with Crippen LogP contribution in [0.5, 0.6) is 0 Å². The van der Waals surface area contributed by atoms with Crippen LogP contribution in [0.4, 0.5) is 0 Å². The molecule has 7 aromatic carbocycles. The van der Waals surface area contributed by atoms with E-state index in [2.05, 4.69) is 156 Å². The number of hydrogen-bond acceptors (Lipinski definition) is 3. The standard InChI is InChI=1S/C43H28N4/c1-3-13-29(14-4-1)30-23-25-33(26-24-30)41-44-42(36-20-10-9-18-34(36)31-15-5-2-6-16-31)46-43(45-41)47-38-22-12-11-21-37(38)40-35-19-8-7-17-32(35)27-28-39(40)47/h1-28H. The smallest absolute Gasteiger partial charge is 0.238 e. The topological polar surface area (TPSA) is 43.6 Å². The lowest BCUT2D eigenvalue weighted by Crippen LogP contribution is -2.06. The number of benzene rings is 7. The molecule has 4 heteroatoms. The Balaban J connectivity index is 1.31. The zero-order chi connectivity index (χ0) is 31.2. The van der Waals surface area contributed by atoms with Crippen molar-refractivity contribution in [3.05, 3.63) is 170 Å². The van der Waals surface area contributed by atoms with E-state index in [9.17, 15) is 0 Å². The summed E-state index contributed by atoms with van der Waals surface area (Å²) in [7, 11) is 0. The molecule has 2 aromatic heterocycles. The zero-order valence-corrected chi connectivity index (χ0v) is 25.5. The van der Waals surface area contributed by atoms with Crippen LogP contribution in [0.2, 0.25) is 0 Å². The van der Waals surface area contributed by atoms with Gasteiger partial charge in [-0.3, -0.25) is 4.57 Å². The monoisotopic (exact) mass is 600 g/mol. The number of aromatic nitrogens is 4. The van der Waals surface area contributed by atoms with Crippen molar-refractivity contribution in [2.75, 3.05) is 0 Å². The molecule has 0 bridgehead atoms. The van der Waals surface area contributed by atoms with Crippen LogP contribution < -0.4 is 0 Å². The number of hydrogen-bond donors (Lipinski definition) is 0. The van der Waals surface area contributed by atoms with Crippen molar-refractivity contribution in [1.29, 1.82) is 0 Å². The Labute approximate surface area is 272 Å². The number of nitrogens with zero attached hydrogens (tertiary/aromatic N) is 4. The minimum absolute atomic E-state index is 0.585. The first kappa shape index (κ1) is 27.0. The fraction of sp³-hybridized carbons (Fsp3) is 0. The molecule has 47 heavy (non-hydrogen) atoms. The molecule has 220 valence electrons. The Morgan fingerprint density at radius 3 is 1.70 bits per heavy atom. The molecular weight excluding hydrogens is 573 g/mol. The minimum atomic E-state index is 0.585. The molecule has 0 saturated heterocycles. The normalized spacial score (nSPS) is 11.4. The van der Waals surface area contributed by atoms with Gasteiger partial charge in [0.1, 0.15) is 0 Å². The third-order valence-electron chi connectivity index (χ3n) is 8.89. The summed E-state index contributed by atoms with van der Waals surface area (Å²) >= 11 is 0. The van der Waals surface area contributed by atoms with Crippen molar-refractivity contribution >= 4 is 32.6 Å². The van der Waals surface area contributed by atoms with E-state index in [1.807, 2.05) is 18.2 Å². The van der Waals surface area contributed by atoms with Crippen LogP contribution in [-0.4, -0.2) is 19.5 Å². The van der Waals surface area contributed by atoms with Crippen LogP contribution in [0, 0.1) is 0 Å². The fourth-order valence-corrected chi connectivity index (χ4v) is 6.66. The molecule has 0 fully saturated rings. The van der Waals surface area contributed by atoms with E-state index in [0.29, 0.717) is 17.6 Å². The second-order valence-electron chi connectivity index (χ2n) is 11.7. The highest BCUT2D eigenvalue weighted by Gasteiger charge is 2.20. The van der Waals surface area contributed by atoms with Crippen LogP contribution >= 0.6 is 0 Å². The summed E-state index contributed by atoms with van der Waals surface area (Å²) in [6.07, 6.45) is 0. The molecular formula is C43H28N4. The molecule has 0 atom stereocenters. The van der Waals surface area contributed by atoms with Gasteiger partial charge in [0.05, 0.1) is 11.0 Å². The summed E-state index contributed by atoms with van der Waals surface area (Å²) in [6.45, 7) is 0. The molecule has 0 saturated carbocycles. The summed E-state index contributed by atoms with van der Waals surface area (Å²) in [5.41, 5.74) is 8.50. The maximum Gasteiger partial charge on any atom is 0.238 e. The van der Waals surface area contributed by atoms with Crippen LogP contribution in [0.3, 0.4) is 0 Å². The molecule has 2 heterocycles. The lowest BCUT2D eigenvalue weighted by molar-refractivity contribution is 0.954. The largest absolute Gasteiger partial charge is 0.278 e. The molecule has 0 N–H and O–H groups in total. The van der Waals surface area contributed by atoms with Crippen LogP contribution in [0.25, 0.3) is 83.6 Å². The summed E-state index contributed by atoms with van der Waals surface area (Å²) in [5.74, 6) is 1.84. The first-order valence-electron chi connectivity index (χ1n) is 15.8. The van der Waals surface area contributed by atoms with E-state index in [-0.39, 0.29) is 0 Å². The van der Waals surface area contributed by atoms with Gasteiger partial charge in [-0.05, 0) is 45.2 Å². The summed E-state index contributed by atoms with van der Waals surface area (Å²) in [5, 5.41) is 4.77. The van der Waals surface area contributed by atoms with Crippen molar-refractivity contribution in [3.63, 3.8) is 0 Å². The van der Waals surface area contributed by atoms with Gasteiger partial charge in [0, 0.05) is 21.9 Å². The first-order chi connectivity index (χ1) is 23.3. The maximum absolute atomic E-state index is 5.24. The predicted octanol–water partition coefficient (Wildman–Crippen LogP) is 10.8. The molecule has 4 nitrogen and oxygen atoms in total. The molecule has 9 rings (SSSR count). The van der Waals surface area contributed by atoms with E-state index in [0.717, 1.165) is 38.9 Å². The number of fused-ring (bicyclic) bond motifs is 5. The second-order valence-corrected chi connectivity index (χ2v) is 11.7. The highest BCUT2D eigenvalue weighted by molar-refractivity contribution is 6.21. The Morgan fingerprint density at radius 1 is 0.340 bits per heavy atom. The molecule has 9 aromatic rings. The summed E-state index contributed by atoms with van der Waals surface area (Å²) < 4.78 is 2.19. The van der Waals surface area contributed by atoms with Gasteiger partial charge in [-0.1, -0.05) is 158 Å². The average Bonchev–Trinajstić information content (AvgIpc) is 3.50. The van der Waals surface area contributed by atoms with E-state index >= 15 is 0 Å². The zero-order valence-electron chi connectivity index (χ0n) is 25.5. The first-order valence-corrected chi connectivity index (χ1v) is 15.8. The van der Waals surface area contributed by atoms with E-state index in [1.165, 1.54) is 27.1 Å².